The SMILES string of the molecule is O=C(c1nn(-c2ccc(F)c(F)c2)c2c1CCC2)N1CCCC1. The molecule has 0 bridgehead atoms. The highest BCUT2D eigenvalue weighted by Gasteiger charge is 2.30. The second-order valence-corrected chi connectivity index (χ2v) is 6.14. The third-order valence-electron chi connectivity index (χ3n) is 4.67. The Kier molecular flexibility index (Phi) is 3.39. The summed E-state index contributed by atoms with van der Waals surface area (Å²) in [5.74, 6) is -1.83. The van der Waals surface area contributed by atoms with Gasteiger partial charge in [-0.15, -0.1) is 0 Å². The highest BCUT2D eigenvalue weighted by Crippen LogP contribution is 2.29. The van der Waals surface area contributed by atoms with Crippen LogP contribution in [0.2, 0.25) is 0 Å². The summed E-state index contributed by atoms with van der Waals surface area (Å²) in [6.07, 6.45) is 4.62. The van der Waals surface area contributed by atoms with Crippen molar-refractivity contribution in [1.29, 1.82) is 0 Å². The van der Waals surface area contributed by atoms with Crippen molar-refractivity contribution >= 4 is 5.91 Å². The molecule has 0 spiro atoms. The van der Waals surface area contributed by atoms with Crippen LogP contribution in [0.4, 0.5) is 8.78 Å². The summed E-state index contributed by atoms with van der Waals surface area (Å²) in [4.78, 5) is 14.5. The van der Waals surface area contributed by atoms with Gasteiger partial charge in [-0.2, -0.15) is 5.10 Å². The van der Waals surface area contributed by atoms with Crippen LogP contribution < -0.4 is 0 Å². The average Bonchev–Trinajstić information content (AvgIpc) is 3.26. The van der Waals surface area contributed by atoms with Gasteiger partial charge in [-0.05, 0) is 44.2 Å². The molecule has 1 aromatic carbocycles. The molecule has 1 amide bonds. The van der Waals surface area contributed by atoms with E-state index in [2.05, 4.69) is 5.10 Å². The topological polar surface area (TPSA) is 38.1 Å². The van der Waals surface area contributed by atoms with E-state index in [0.29, 0.717) is 11.4 Å². The number of carbonyl (C=O) groups excluding carboxylic acids is 1. The third-order valence-corrected chi connectivity index (χ3v) is 4.67. The summed E-state index contributed by atoms with van der Waals surface area (Å²) in [5, 5.41) is 4.45. The fraction of sp³-hybridized carbons (Fsp3) is 0.412. The zero-order valence-electron chi connectivity index (χ0n) is 12.7. The van der Waals surface area contributed by atoms with Gasteiger partial charge in [-0.25, -0.2) is 13.5 Å². The van der Waals surface area contributed by atoms with E-state index in [1.165, 1.54) is 6.07 Å². The molecule has 6 heteroatoms. The first-order valence-electron chi connectivity index (χ1n) is 8.00. The van der Waals surface area contributed by atoms with Crippen molar-refractivity contribution in [3.63, 3.8) is 0 Å². The highest BCUT2D eigenvalue weighted by atomic mass is 19.2. The van der Waals surface area contributed by atoms with Gasteiger partial charge >= 0.3 is 0 Å². The molecule has 2 heterocycles. The molecule has 1 aliphatic heterocycles. The maximum absolute atomic E-state index is 13.5. The molecule has 1 aliphatic carbocycles. The normalized spacial score (nSPS) is 16.9. The number of halogens is 2. The number of rotatable bonds is 2. The van der Waals surface area contributed by atoms with Crippen LogP contribution in [0.15, 0.2) is 18.2 Å². The number of benzene rings is 1. The Balaban J connectivity index is 1.78. The van der Waals surface area contributed by atoms with Crippen molar-refractivity contribution in [3.05, 3.63) is 46.8 Å². The number of fused-ring (bicyclic) bond motifs is 1. The Labute approximate surface area is 132 Å². The quantitative estimate of drug-likeness (QED) is 0.854. The van der Waals surface area contributed by atoms with Crippen LogP contribution in [0.25, 0.3) is 5.69 Å². The number of carbonyl (C=O) groups is 1. The lowest BCUT2D eigenvalue weighted by Crippen LogP contribution is -2.28. The van der Waals surface area contributed by atoms with Crippen LogP contribution in [0.5, 0.6) is 0 Å². The second-order valence-electron chi connectivity index (χ2n) is 6.14. The minimum atomic E-state index is -0.905. The first-order chi connectivity index (χ1) is 11.1. The third kappa shape index (κ3) is 2.33. The Morgan fingerprint density at radius 3 is 2.57 bits per heavy atom. The first kappa shape index (κ1) is 14.4. The van der Waals surface area contributed by atoms with E-state index in [9.17, 15) is 13.6 Å². The van der Waals surface area contributed by atoms with Gasteiger partial charge < -0.3 is 4.90 Å². The Morgan fingerprint density at radius 1 is 1.04 bits per heavy atom. The number of hydrogen-bond acceptors (Lipinski definition) is 2. The van der Waals surface area contributed by atoms with Gasteiger partial charge in [-0.3, -0.25) is 4.79 Å². The van der Waals surface area contributed by atoms with E-state index < -0.39 is 11.6 Å². The Bertz CT molecular complexity index is 778. The average molecular weight is 317 g/mol. The fourth-order valence-electron chi connectivity index (χ4n) is 3.51. The van der Waals surface area contributed by atoms with Crippen molar-refractivity contribution in [1.82, 2.24) is 14.7 Å². The van der Waals surface area contributed by atoms with Gasteiger partial charge in [0.05, 0.1) is 5.69 Å². The maximum atomic E-state index is 13.5. The molecule has 2 aliphatic rings. The Hall–Kier alpha value is -2.24. The summed E-state index contributed by atoms with van der Waals surface area (Å²) in [6.45, 7) is 1.54. The van der Waals surface area contributed by atoms with Crippen molar-refractivity contribution in [2.45, 2.75) is 32.1 Å². The van der Waals surface area contributed by atoms with Gasteiger partial charge in [0.25, 0.3) is 5.91 Å². The molecule has 0 saturated carbocycles. The van der Waals surface area contributed by atoms with Crippen LogP contribution in [-0.2, 0) is 12.8 Å². The van der Waals surface area contributed by atoms with E-state index in [-0.39, 0.29) is 5.91 Å². The van der Waals surface area contributed by atoms with Crippen LogP contribution >= 0.6 is 0 Å². The lowest BCUT2D eigenvalue weighted by molar-refractivity contribution is 0.0785. The van der Waals surface area contributed by atoms with Crippen molar-refractivity contribution in [2.24, 2.45) is 0 Å². The van der Waals surface area contributed by atoms with Crippen LogP contribution in [0.3, 0.4) is 0 Å². The fourth-order valence-corrected chi connectivity index (χ4v) is 3.51. The van der Waals surface area contributed by atoms with E-state index in [1.54, 1.807) is 4.68 Å². The van der Waals surface area contributed by atoms with Crippen LogP contribution in [-0.4, -0.2) is 33.7 Å². The molecular formula is C17H17F2N3O. The van der Waals surface area contributed by atoms with Crippen molar-refractivity contribution in [2.75, 3.05) is 13.1 Å². The lowest BCUT2D eigenvalue weighted by atomic mass is 10.2. The number of nitrogens with zero attached hydrogens (tertiary/aromatic N) is 3. The largest absolute Gasteiger partial charge is 0.337 e. The molecular weight excluding hydrogens is 300 g/mol. The summed E-state index contributed by atoms with van der Waals surface area (Å²) in [7, 11) is 0. The summed E-state index contributed by atoms with van der Waals surface area (Å²) < 4.78 is 28.3. The highest BCUT2D eigenvalue weighted by molar-refractivity contribution is 5.94. The molecule has 4 nitrogen and oxygen atoms in total. The van der Waals surface area contributed by atoms with Crippen molar-refractivity contribution in [3.8, 4) is 5.69 Å². The lowest BCUT2D eigenvalue weighted by Gasteiger charge is -2.14. The zero-order chi connectivity index (χ0) is 16.0. The van der Waals surface area contributed by atoms with Gasteiger partial charge in [0.1, 0.15) is 0 Å². The standard InChI is InChI=1S/C17H17F2N3O/c18-13-7-6-11(10-14(13)19)22-15-5-3-4-12(15)16(20-22)17(23)21-8-1-2-9-21/h6-7,10H,1-5,8-9H2. The molecule has 0 unspecified atom stereocenters. The number of likely N-dealkylation sites (tertiary alicyclic amines) is 1. The number of amides is 1. The molecule has 23 heavy (non-hydrogen) atoms. The first-order valence-corrected chi connectivity index (χ1v) is 8.00. The van der Waals surface area contributed by atoms with E-state index in [0.717, 1.165) is 68.6 Å². The van der Waals surface area contributed by atoms with Crippen LogP contribution in [0.1, 0.15) is 41.0 Å². The predicted octanol–water partition coefficient (Wildman–Crippen LogP) is 2.88. The Morgan fingerprint density at radius 2 is 1.83 bits per heavy atom. The molecule has 0 radical (unpaired) electrons. The predicted molar refractivity (Wildman–Crippen MR) is 80.6 cm³/mol. The molecule has 0 N–H and O–H groups in total. The minimum absolute atomic E-state index is 0.0398. The van der Waals surface area contributed by atoms with E-state index in [4.69, 9.17) is 0 Å². The molecule has 120 valence electrons. The van der Waals surface area contributed by atoms with Crippen molar-refractivity contribution < 1.29 is 13.6 Å². The van der Waals surface area contributed by atoms with Gasteiger partial charge in [0.15, 0.2) is 17.3 Å². The minimum Gasteiger partial charge on any atom is -0.337 e. The second kappa shape index (κ2) is 5.44. The summed E-state index contributed by atoms with van der Waals surface area (Å²) in [6, 6.07) is 3.72. The van der Waals surface area contributed by atoms with Gasteiger partial charge in [0, 0.05) is 30.4 Å². The molecule has 0 atom stereocenters. The summed E-state index contributed by atoms with van der Waals surface area (Å²) >= 11 is 0. The molecule has 1 aromatic heterocycles. The molecule has 2 aromatic rings. The van der Waals surface area contributed by atoms with Gasteiger partial charge in [-0.1, -0.05) is 0 Å². The molecule has 4 rings (SSSR count). The number of hydrogen-bond donors (Lipinski definition) is 0. The zero-order valence-corrected chi connectivity index (χ0v) is 12.7. The van der Waals surface area contributed by atoms with E-state index in [1.807, 2.05) is 4.90 Å². The smallest absolute Gasteiger partial charge is 0.274 e. The summed E-state index contributed by atoms with van der Waals surface area (Å²) in [5.41, 5.74) is 2.84. The monoisotopic (exact) mass is 317 g/mol. The van der Waals surface area contributed by atoms with E-state index >= 15 is 0 Å². The molecule has 1 saturated heterocycles. The number of aromatic nitrogens is 2. The molecule has 1 fully saturated rings. The van der Waals surface area contributed by atoms with Crippen LogP contribution in [0, 0.1) is 11.6 Å². The van der Waals surface area contributed by atoms with Gasteiger partial charge in [0.2, 0.25) is 0 Å². The maximum Gasteiger partial charge on any atom is 0.274 e.